The van der Waals surface area contributed by atoms with Crippen molar-refractivity contribution in [1.82, 2.24) is 10.2 Å². The van der Waals surface area contributed by atoms with Gasteiger partial charge in [-0.05, 0) is 57.5 Å². The van der Waals surface area contributed by atoms with Gasteiger partial charge in [0.1, 0.15) is 11.9 Å². The average Bonchev–Trinajstić information content (AvgIpc) is 2.68. The number of rotatable bonds is 9. The molecule has 156 valence electrons. The van der Waals surface area contributed by atoms with Crippen molar-refractivity contribution in [3.63, 3.8) is 0 Å². The molecule has 1 unspecified atom stereocenters. The Morgan fingerprint density at radius 2 is 1.66 bits per heavy atom. The highest BCUT2D eigenvalue weighted by atomic mass is 32.2. The molecule has 2 rings (SSSR count). The third-order valence-electron chi connectivity index (χ3n) is 4.47. The molecule has 1 atom stereocenters. The number of benzene rings is 2. The van der Waals surface area contributed by atoms with E-state index < -0.39 is 6.04 Å². The highest BCUT2D eigenvalue weighted by Gasteiger charge is 2.26. The van der Waals surface area contributed by atoms with Crippen LogP contribution in [0.3, 0.4) is 0 Å². The van der Waals surface area contributed by atoms with Crippen LogP contribution in [0.25, 0.3) is 0 Å². The van der Waals surface area contributed by atoms with Crippen molar-refractivity contribution in [1.29, 1.82) is 0 Å². The van der Waals surface area contributed by atoms with Crippen molar-refractivity contribution < 1.29 is 14.0 Å². The van der Waals surface area contributed by atoms with Crippen LogP contribution in [0.2, 0.25) is 0 Å². The summed E-state index contributed by atoms with van der Waals surface area (Å²) in [5.41, 5.74) is 1.98. The summed E-state index contributed by atoms with van der Waals surface area (Å²) in [6.45, 7) is 7.80. The summed E-state index contributed by atoms with van der Waals surface area (Å²) >= 11 is 1.62. The highest BCUT2D eigenvalue weighted by Crippen LogP contribution is 2.20. The molecule has 0 fully saturated rings. The van der Waals surface area contributed by atoms with E-state index in [1.165, 1.54) is 17.7 Å². The normalized spacial score (nSPS) is 11.9. The van der Waals surface area contributed by atoms with E-state index in [9.17, 15) is 14.0 Å². The molecular formula is C23H29FN2O2S. The molecule has 2 aromatic carbocycles. The molecule has 2 amide bonds. The van der Waals surface area contributed by atoms with Crippen LogP contribution in [0.15, 0.2) is 53.4 Å². The molecule has 6 heteroatoms. The SMILES string of the molecule is Cc1ccc(SCCC(=O)N(Cc2ccc(F)cc2)C(C)C(=O)NC(C)C)cc1. The Hall–Kier alpha value is -2.34. The first-order chi connectivity index (χ1) is 13.8. The van der Waals surface area contributed by atoms with E-state index in [1.54, 1.807) is 35.7 Å². The molecule has 1 N–H and O–H groups in total. The zero-order chi connectivity index (χ0) is 21.4. The number of hydrogen-bond acceptors (Lipinski definition) is 3. The lowest BCUT2D eigenvalue weighted by Crippen LogP contribution is -2.49. The van der Waals surface area contributed by atoms with Crippen LogP contribution < -0.4 is 5.32 Å². The molecule has 0 heterocycles. The van der Waals surface area contributed by atoms with Gasteiger partial charge in [0.15, 0.2) is 0 Å². The first-order valence-electron chi connectivity index (χ1n) is 9.80. The number of nitrogens with zero attached hydrogens (tertiary/aromatic N) is 1. The smallest absolute Gasteiger partial charge is 0.242 e. The second-order valence-corrected chi connectivity index (χ2v) is 8.57. The molecule has 0 aliphatic carbocycles. The van der Waals surface area contributed by atoms with Crippen molar-refractivity contribution in [3.8, 4) is 0 Å². The predicted molar refractivity (Wildman–Crippen MR) is 116 cm³/mol. The number of halogens is 1. The van der Waals surface area contributed by atoms with E-state index in [2.05, 4.69) is 5.32 Å². The Morgan fingerprint density at radius 3 is 2.24 bits per heavy atom. The summed E-state index contributed by atoms with van der Waals surface area (Å²) < 4.78 is 13.2. The van der Waals surface area contributed by atoms with Gasteiger partial charge >= 0.3 is 0 Å². The van der Waals surface area contributed by atoms with Crippen LogP contribution in [0, 0.1) is 12.7 Å². The minimum Gasteiger partial charge on any atom is -0.352 e. The lowest BCUT2D eigenvalue weighted by molar-refractivity contribution is -0.140. The fourth-order valence-corrected chi connectivity index (χ4v) is 3.65. The number of nitrogens with one attached hydrogen (secondary N) is 1. The highest BCUT2D eigenvalue weighted by molar-refractivity contribution is 7.99. The van der Waals surface area contributed by atoms with E-state index in [0.29, 0.717) is 12.2 Å². The monoisotopic (exact) mass is 416 g/mol. The van der Waals surface area contributed by atoms with Gasteiger partial charge in [-0.1, -0.05) is 29.8 Å². The van der Waals surface area contributed by atoms with Crippen molar-refractivity contribution in [2.75, 3.05) is 5.75 Å². The van der Waals surface area contributed by atoms with Gasteiger partial charge in [0.05, 0.1) is 0 Å². The third kappa shape index (κ3) is 7.54. The van der Waals surface area contributed by atoms with Gasteiger partial charge in [0, 0.05) is 29.7 Å². The summed E-state index contributed by atoms with van der Waals surface area (Å²) in [5, 5.41) is 2.86. The maximum absolute atomic E-state index is 13.2. The second-order valence-electron chi connectivity index (χ2n) is 7.40. The third-order valence-corrected chi connectivity index (χ3v) is 5.48. The van der Waals surface area contributed by atoms with Crippen LogP contribution in [0.4, 0.5) is 4.39 Å². The molecule has 0 saturated carbocycles. The largest absolute Gasteiger partial charge is 0.352 e. The topological polar surface area (TPSA) is 49.4 Å². The lowest BCUT2D eigenvalue weighted by Gasteiger charge is -2.29. The Morgan fingerprint density at radius 1 is 1.03 bits per heavy atom. The van der Waals surface area contributed by atoms with Gasteiger partial charge in [-0.15, -0.1) is 11.8 Å². The quantitative estimate of drug-likeness (QED) is 0.610. The molecule has 0 saturated heterocycles. The zero-order valence-corrected chi connectivity index (χ0v) is 18.3. The first-order valence-corrected chi connectivity index (χ1v) is 10.8. The van der Waals surface area contributed by atoms with E-state index in [4.69, 9.17) is 0 Å². The van der Waals surface area contributed by atoms with Crippen molar-refractivity contribution in [2.24, 2.45) is 0 Å². The minimum atomic E-state index is -0.612. The number of carbonyl (C=O) groups is 2. The van der Waals surface area contributed by atoms with Gasteiger partial charge in [-0.2, -0.15) is 0 Å². The van der Waals surface area contributed by atoms with E-state index >= 15 is 0 Å². The summed E-state index contributed by atoms with van der Waals surface area (Å²) in [7, 11) is 0. The molecule has 0 aliphatic heterocycles. The van der Waals surface area contributed by atoms with Gasteiger partial charge in [-0.3, -0.25) is 9.59 Å². The molecule has 2 aromatic rings. The number of carbonyl (C=O) groups excluding carboxylic acids is 2. The first kappa shape index (κ1) is 22.9. The van der Waals surface area contributed by atoms with Crippen LogP contribution in [0.1, 0.15) is 38.3 Å². The lowest BCUT2D eigenvalue weighted by atomic mass is 10.1. The number of aryl methyl sites for hydroxylation is 1. The number of thioether (sulfide) groups is 1. The zero-order valence-electron chi connectivity index (χ0n) is 17.4. The summed E-state index contributed by atoms with van der Waals surface area (Å²) in [6, 6.07) is 13.6. The van der Waals surface area contributed by atoms with E-state index in [0.717, 1.165) is 10.5 Å². The molecule has 29 heavy (non-hydrogen) atoms. The van der Waals surface area contributed by atoms with Crippen LogP contribution in [0.5, 0.6) is 0 Å². The Kier molecular flexibility index (Phi) is 8.70. The fourth-order valence-electron chi connectivity index (χ4n) is 2.81. The summed E-state index contributed by atoms with van der Waals surface area (Å²) in [4.78, 5) is 28.1. The van der Waals surface area contributed by atoms with Gasteiger partial charge in [0.2, 0.25) is 11.8 Å². The Labute approximate surface area is 176 Å². The standard InChI is InChI=1S/C23H29FN2O2S/c1-16(2)25-23(28)18(4)26(15-19-7-9-20(24)10-8-19)22(27)13-14-29-21-11-5-17(3)6-12-21/h5-12,16,18H,13-15H2,1-4H3,(H,25,28). The molecule has 0 radical (unpaired) electrons. The Balaban J connectivity index is 2.05. The van der Waals surface area contributed by atoms with Crippen LogP contribution >= 0.6 is 11.8 Å². The van der Waals surface area contributed by atoms with Crippen LogP contribution in [-0.2, 0) is 16.1 Å². The number of amides is 2. The van der Waals surface area contributed by atoms with Crippen molar-refractivity contribution in [3.05, 3.63) is 65.5 Å². The molecular weight excluding hydrogens is 387 g/mol. The second kappa shape index (κ2) is 11.0. The van der Waals surface area contributed by atoms with E-state index in [-0.39, 0.29) is 30.2 Å². The Bertz CT molecular complexity index is 807. The van der Waals surface area contributed by atoms with Crippen molar-refractivity contribution in [2.45, 2.75) is 57.6 Å². The van der Waals surface area contributed by atoms with Crippen molar-refractivity contribution >= 4 is 23.6 Å². The summed E-state index contributed by atoms with van der Waals surface area (Å²) in [5.74, 6) is 0.00840. The average molecular weight is 417 g/mol. The van der Waals surface area contributed by atoms with Gasteiger partial charge in [0.25, 0.3) is 0 Å². The van der Waals surface area contributed by atoms with Gasteiger partial charge in [-0.25, -0.2) is 4.39 Å². The van der Waals surface area contributed by atoms with E-state index in [1.807, 2.05) is 45.0 Å². The molecule has 0 spiro atoms. The summed E-state index contributed by atoms with van der Waals surface area (Å²) in [6.07, 6.45) is 0.318. The molecule has 0 bridgehead atoms. The molecule has 0 aromatic heterocycles. The maximum Gasteiger partial charge on any atom is 0.242 e. The van der Waals surface area contributed by atoms with Crippen LogP contribution in [-0.4, -0.2) is 34.6 Å². The maximum atomic E-state index is 13.2. The molecule has 4 nitrogen and oxygen atoms in total. The molecule has 0 aliphatic rings. The van der Waals surface area contributed by atoms with Gasteiger partial charge < -0.3 is 10.2 Å². The fraction of sp³-hybridized carbons (Fsp3) is 0.391. The number of hydrogen-bond donors (Lipinski definition) is 1. The predicted octanol–water partition coefficient (Wildman–Crippen LogP) is 4.56. The minimum absolute atomic E-state index is 0.00943.